The Bertz CT molecular complexity index is 1090. The lowest BCUT2D eigenvalue weighted by Gasteiger charge is -2.19. The normalized spacial score (nSPS) is 18.5. The minimum absolute atomic E-state index is 0.289. The predicted molar refractivity (Wildman–Crippen MR) is 117 cm³/mol. The Morgan fingerprint density at radius 1 is 0.800 bits per heavy atom. The second-order valence-electron chi connectivity index (χ2n) is 8.74. The first kappa shape index (κ1) is 17.7. The van der Waals surface area contributed by atoms with E-state index >= 15 is 0 Å². The van der Waals surface area contributed by atoms with E-state index in [1.807, 2.05) is 0 Å². The van der Waals surface area contributed by atoms with E-state index in [4.69, 9.17) is 14.2 Å². The molecule has 1 unspecified atom stereocenters. The first-order valence-electron chi connectivity index (χ1n) is 10.7. The molecule has 0 saturated heterocycles. The van der Waals surface area contributed by atoms with Crippen molar-refractivity contribution in [1.29, 1.82) is 0 Å². The Balaban J connectivity index is 1.28. The Labute approximate surface area is 177 Å². The van der Waals surface area contributed by atoms with Gasteiger partial charge in [0.15, 0.2) is 11.5 Å². The molecular weight excluding hydrogens is 374 g/mol. The van der Waals surface area contributed by atoms with Gasteiger partial charge >= 0.3 is 0 Å². The number of fused-ring (bicyclic) bond motifs is 3. The van der Waals surface area contributed by atoms with Crippen LogP contribution >= 0.6 is 0 Å². The zero-order valence-electron chi connectivity index (χ0n) is 17.4. The lowest BCUT2D eigenvalue weighted by Crippen LogP contribution is -2.14. The van der Waals surface area contributed by atoms with Crippen molar-refractivity contribution in [2.75, 3.05) is 18.3 Å². The van der Waals surface area contributed by atoms with Crippen LogP contribution in [-0.4, -0.2) is 13.4 Å². The Hall–Kier alpha value is -3.14. The van der Waals surface area contributed by atoms with Gasteiger partial charge in [0, 0.05) is 30.3 Å². The molecule has 3 aliphatic heterocycles. The first-order chi connectivity index (χ1) is 14.7. The summed E-state index contributed by atoms with van der Waals surface area (Å²) in [5, 5.41) is 0. The molecule has 0 fully saturated rings. The minimum Gasteiger partial charge on any atom is -0.492 e. The summed E-state index contributed by atoms with van der Waals surface area (Å²) in [6.45, 7) is 7.28. The van der Waals surface area contributed by atoms with Crippen LogP contribution in [-0.2, 0) is 13.1 Å². The molecule has 0 spiro atoms. The van der Waals surface area contributed by atoms with Crippen LogP contribution in [0.2, 0.25) is 0 Å². The van der Waals surface area contributed by atoms with Crippen molar-refractivity contribution in [2.45, 2.75) is 38.8 Å². The Kier molecular flexibility index (Phi) is 3.95. The summed E-state index contributed by atoms with van der Waals surface area (Å²) in [5.74, 6) is 3.57. The van der Waals surface area contributed by atoms with Crippen LogP contribution in [0.3, 0.4) is 0 Å². The summed E-state index contributed by atoms with van der Waals surface area (Å²) in [4.78, 5) is 2.41. The number of benzene rings is 3. The van der Waals surface area contributed by atoms with E-state index in [0.29, 0.717) is 19.3 Å². The Morgan fingerprint density at radius 2 is 1.50 bits per heavy atom. The second kappa shape index (κ2) is 6.69. The predicted octanol–water partition coefficient (Wildman–Crippen LogP) is 5.58. The van der Waals surface area contributed by atoms with E-state index in [1.165, 1.54) is 33.5 Å². The van der Waals surface area contributed by atoms with Gasteiger partial charge in [0.25, 0.3) is 0 Å². The van der Waals surface area contributed by atoms with Gasteiger partial charge in [0.05, 0.1) is 6.61 Å². The highest BCUT2D eigenvalue weighted by Crippen LogP contribution is 2.43. The molecular formula is C26H25NO3. The molecule has 0 saturated carbocycles. The summed E-state index contributed by atoms with van der Waals surface area (Å²) in [7, 11) is 0. The van der Waals surface area contributed by atoms with E-state index in [9.17, 15) is 0 Å². The zero-order chi connectivity index (χ0) is 20.2. The van der Waals surface area contributed by atoms with E-state index in [0.717, 1.165) is 30.3 Å². The van der Waals surface area contributed by atoms with E-state index < -0.39 is 0 Å². The van der Waals surface area contributed by atoms with E-state index in [-0.39, 0.29) is 5.92 Å². The van der Waals surface area contributed by atoms with Gasteiger partial charge in [-0.05, 0) is 58.5 Å². The number of hydrogen-bond donors (Lipinski definition) is 0. The van der Waals surface area contributed by atoms with Gasteiger partial charge in [-0.1, -0.05) is 38.1 Å². The van der Waals surface area contributed by atoms with Crippen molar-refractivity contribution in [2.24, 2.45) is 0 Å². The SMILES string of the molecule is CC(C)c1ccc(C2COc3ccc(N4Cc5cc6c(cc5C4)OCO6)cc32)cc1. The summed E-state index contributed by atoms with van der Waals surface area (Å²) in [5.41, 5.74) is 7.86. The molecule has 30 heavy (non-hydrogen) atoms. The average Bonchev–Trinajstić information content (AvgIpc) is 3.48. The third-order valence-corrected chi connectivity index (χ3v) is 6.56. The summed E-state index contributed by atoms with van der Waals surface area (Å²) in [6.07, 6.45) is 0. The van der Waals surface area contributed by atoms with Crippen molar-refractivity contribution < 1.29 is 14.2 Å². The van der Waals surface area contributed by atoms with Crippen molar-refractivity contribution in [3.05, 3.63) is 82.4 Å². The lowest BCUT2D eigenvalue weighted by molar-refractivity contribution is 0.174. The maximum Gasteiger partial charge on any atom is 0.231 e. The maximum atomic E-state index is 6.02. The van der Waals surface area contributed by atoms with Gasteiger partial charge in [-0.25, -0.2) is 0 Å². The molecule has 0 N–H and O–H groups in total. The molecule has 3 heterocycles. The zero-order valence-corrected chi connectivity index (χ0v) is 17.4. The van der Waals surface area contributed by atoms with Gasteiger partial charge < -0.3 is 19.1 Å². The van der Waals surface area contributed by atoms with Crippen molar-refractivity contribution in [3.8, 4) is 17.2 Å². The molecule has 0 amide bonds. The van der Waals surface area contributed by atoms with Crippen LogP contribution in [0.15, 0.2) is 54.6 Å². The molecule has 0 aliphatic carbocycles. The highest BCUT2D eigenvalue weighted by Gasteiger charge is 2.29. The first-order valence-corrected chi connectivity index (χ1v) is 10.7. The maximum absolute atomic E-state index is 6.02. The number of rotatable bonds is 3. The van der Waals surface area contributed by atoms with Gasteiger partial charge in [-0.3, -0.25) is 0 Å². The topological polar surface area (TPSA) is 30.9 Å². The van der Waals surface area contributed by atoms with Crippen LogP contribution in [0.5, 0.6) is 17.2 Å². The van der Waals surface area contributed by atoms with Crippen molar-refractivity contribution >= 4 is 5.69 Å². The highest BCUT2D eigenvalue weighted by atomic mass is 16.7. The van der Waals surface area contributed by atoms with Crippen LogP contribution in [0.4, 0.5) is 5.69 Å². The molecule has 1 atom stereocenters. The molecule has 3 aliphatic rings. The molecule has 0 radical (unpaired) electrons. The van der Waals surface area contributed by atoms with Crippen LogP contribution in [0.1, 0.15) is 53.5 Å². The third-order valence-electron chi connectivity index (χ3n) is 6.56. The van der Waals surface area contributed by atoms with Crippen LogP contribution in [0.25, 0.3) is 0 Å². The molecule has 3 aromatic carbocycles. The monoisotopic (exact) mass is 399 g/mol. The smallest absolute Gasteiger partial charge is 0.231 e. The number of hydrogen-bond acceptors (Lipinski definition) is 4. The third kappa shape index (κ3) is 2.82. The number of anilines is 1. The molecule has 0 bridgehead atoms. The molecule has 4 nitrogen and oxygen atoms in total. The summed E-state index contributed by atoms with van der Waals surface area (Å²) < 4.78 is 17.1. The fourth-order valence-electron chi connectivity index (χ4n) is 4.76. The van der Waals surface area contributed by atoms with Gasteiger partial charge in [-0.2, -0.15) is 0 Å². The van der Waals surface area contributed by atoms with Crippen LogP contribution < -0.4 is 19.1 Å². The average molecular weight is 399 g/mol. The van der Waals surface area contributed by atoms with Crippen molar-refractivity contribution in [3.63, 3.8) is 0 Å². The van der Waals surface area contributed by atoms with Gasteiger partial charge in [-0.15, -0.1) is 0 Å². The number of nitrogens with zero attached hydrogens (tertiary/aromatic N) is 1. The standard InChI is InChI=1S/C26H25NO3/c1-16(2)17-3-5-18(6-4-17)23-14-28-24-8-7-21(11-22(23)24)27-12-19-9-25-26(30-15-29-25)10-20(19)13-27/h3-11,16,23H,12-15H2,1-2H3. The quantitative estimate of drug-likeness (QED) is 0.575. The molecule has 6 rings (SSSR count). The largest absolute Gasteiger partial charge is 0.492 e. The van der Waals surface area contributed by atoms with E-state index in [1.54, 1.807) is 0 Å². The minimum atomic E-state index is 0.289. The Morgan fingerprint density at radius 3 is 2.17 bits per heavy atom. The summed E-state index contributed by atoms with van der Waals surface area (Å²) >= 11 is 0. The molecule has 3 aromatic rings. The fourth-order valence-corrected chi connectivity index (χ4v) is 4.76. The van der Waals surface area contributed by atoms with E-state index in [2.05, 4.69) is 73.3 Å². The lowest BCUT2D eigenvalue weighted by atomic mass is 9.91. The number of ether oxygens (including phenoxy) is 3. The molecule has 0 aromatic heterocycles. The van der Waals surface area contributed by atoms with Gasteiger partial charge in [0.1, 0.15) is 5.75 Å². The highest BCUT2D eigenvalue weighted by molar-refractivity contribution is 5.61. The molecule has 152 valence electrons. The van der Waals surface area contributed by atoms with Crippen molar-refractivity contribution in [1.82, 2.24) is 0 Å². The van der Waals surface area contributed by atoms with Crippen LogP contribution in [0, 0.1) is 0 Å². The molecule has 4 heteroatoms. The second-order valence-corrected chi connectivity index (χ2v) is 8.74. The van der Waals surface area contributed by atoms with Gasteiger partial charge in [0.2, 0.25) is 6.79 Å². The summed E-state index contributed by atoms with van der Waals surface area (Å²) in [6, 6.07) is 19.9. The fraction of sp³-hybridized carbons (Fsp3) is 0.308.